The first-order valence-electron chi connectivity index (χ1n) is 8.40. The lowest BCUT2D eigenvalue weighted by Crippen LogP contribution is -2.37. The maximum atomic E-state index is 6.22. The van der Waals surface area contributed by atoms with Crippen molar-refractivity contribution in [3.05, 3.63) is 59.5 Å². The van der Waals surface area contributed by atoms with Gasteiger partial charge >= 0.3 is 0 Å². The molecule has 120 valence electrons. The van der Waals surface area contributed by atoms with E-state index in [1.807, 2.05) is 12.4 Å². The molecule has 1 fully saturated rings. The molecule has 0 amide bonds. The number of nitrogens with one attached hydrogen (secondary N) is 2. The Morgan fingerprint density at radius 1 is 1.17 bits per heavy atom. The number of piperidine rings is 1. The molecule has 3 heterocycles. The van der Waals surface area contributed by atoms with Gasteiger partial charge in [0.05, 0.1) is 0 Å². The molecular formula is C19H23N3O. The molecule has 1 aromatic heterocycles. The number of rotatable bonds is 4. The van der Waals surface area contributed by atoms with Gasteiger partial charge in [0.25, 0.3) is 0 Å². The summed E-state index contributed by atoms with van der Waals surface area (Å²) in [5.74, 6) is 0.999. The van der Waals surface area contributed by atoms with Crippen LogP contribution in [-0.2, 0) is 13.1 Å². The van der Waals surface area contributed by atoms with Crippen molar-refractivity contribution in [3.8, 4) is 5.75 Å². The van der Waals surface area contributed by atoms with E-state index >= 15 is 0 Å². The smallest absolute Gasteiger partial charge is 0.120 e. The molecule has 0 spiro atoms. The standard InChI is InChI=1S/C19H23N3O/c1-2-19(11-16-4-8-21-13-17(1)16)23-18-5-9-22(10-6-18)14-15-3-7-20-12-15/h1-4,7-8,11-12,18,20-21H,5-6,9-10,13-14H2. The van der Waals surface area contributed by atoms with E-state index < -0.39 is 0 Å². The number of aromatic amines is 1. The van der Waals surface area contributed by atoms with Gasteiger partial charge in [-0.05, 0) is 60.0 Å². The summed E-state index contributed by atoms with van der Waals surface area (Å²) in [4.78, 5) is 5.63. The zero-order chi connectivity index (χ0) is 15.5. The Labute approximate surface area is 137 Å². The maximum Gasteiger partial charge on any atom is 0.120 e. The minimum atomic E-state index is 0.334. The van der Waals surface area contributed by atoms with E-state index in [1.165, 1.54) is 16.7 Å². The molecular weight excluding hydrogens is 286 g/mol. The van der Waals surface area contributed by atoms with Gasteiger partial charge in [0.2, 0.25) is 0 Å². The number of hydrogen-bond donors (Lipinski definition) is 2. The molecule has 0 atom stereocenters. The van der Waals surface area contributed by atoms with Crippen LogP contribution in [0.15, 0.2) is 42.9 Å². The van der Waals surface area contributed by atoms with Crippen LogP contribution in [-0.4, -0.2) is 29.1 Å². The van der Waals surface area contributed by atoms with Gasteiger partial charge in [-0.3, -0.25) is 4.90 Å². The lowest BCUT2D eigenvalue weighted by atomic mass is 10.0. The van der Waals surface area contributed by atoms with Gasteiger partial charge < -0.3 is 15.0 Å². The summed E-state index contributed by atoms with van der Waals surface area (Å²) in [5, 5.41) is 3.24. The van der Waals surface area contributed by atoms with E-state index in [0.29, 0.717) is 6.10 Å². The Hall–Kier alpha value is -2.20. The van der Waals surface area contributed by atoms with Crippen LogP contribution < -0.4 is 10.1 Å². The van der Waals surface area contributed by atoms with Crippen LogP contribution in [0.25, 0.3) is 6.08 Å². The third-order valence-electron chi connectivity index (χ3n) is 4.70. The first kappa shape index (κ1) is 14.4. The fourth-order valence-electron chi connectivity index (χ4n) is 3.37. The predicted molar refractivity (Wildman–Crippen MR) is 92.0 cm³/mol. The van der Waals surface area contributed by atoms with Crippen LogP contribution in [0.1, 0.15) is 29.5 Å². The third kappa shape index (κ3) is 3.42. The highest BCUT2D eigenvalue weighted by Gasteiger charge is 2.21. The van der Waals surface area contributed by atoms with Gasteiger partial charge in [-0.25, -0.2) is 0 Å². The van der Waals surface area contributed by atoms with Crippen LogP contribution >= 0.6 is 0 Å². The fourth-order valence-corrected chi connectivity index (χ4v) is 3.37. The molecule has 4 heteroatoms. The molecule has 2 aliphatic rings. The second kappa shape index (κ2) is 6.50. The van der Waals surface area contributed by atoms with Gasteiger partial charge in [-0.1, -0.05) is 6.07 Å². The lowest BCUT2D eigenvalue weighted by Gasteiger charge is -2.32. The number of benzene rings is 1. The van der Waals surface area contributed by atoms with Crippen molar-refractivity contribution >= 4 is 6.08 Å². The average Bonchev–Trinajstić information content (AvgIpc) is 3.10. The van der Waals surface area contributed by atoms with Gasteiger partial charge in [-0.15, -0.1) is 0 Å². The van der Waals surface area contributed by atoms with Crippen molar-refractivity contribution in [2.24, 2.45) is 0 Å². The number of ether oxygens (including phenoxy) is 1. The minimum Gasteiger partial charge on any atom is -0.490 e. The number of aromatic nitrogens is 1. The molecule has 2 aliphatic heterocycles. The Balaban J connectivity index is 1.32. The molecule has 1 aromatic carbocycles. The Morgan fingerprint density at radius 2 is 2.09 bits per heavy atom. The monoisotopic (exact) mass is 309 g/mol. The number of nitrogens with zero attached hydrogens (tertiary/aromatic N) is 1. The number of H-pyrrole nitrogens is 1. The van der Waals surface area contributed by atoms with Crippen molar-refractivity contribution in [2.75, 3.05) is 13.1 Å². The summed E-state index contributed by atoms with van der Waals surface area (Å²) in [7, 11) is 0. The zero-order valence-corrected chi connectivity index (χ0v) is 13.3. The molecule has 1 saturated heterocycles. The average molecular weight is 309 g/mol. The summed E-state index contributed by atoms with van der Waals surface area (Å²) < 4.78 is 6.22. The van der Waals surface area contributed by atoms with E-state index in [4.69, 9.17) is 4.74 Å². The van der Waals surface area contributed by atoms with E-state index in [2.05, 4.69) is 51.7 Å². The predicted octanol–water partition coefficient (Wildman–Crippen LogP) is 3.13. The normalized spacial score (nSPS) is 18.4. The van der Waals surface area contributed by atoms with Crippen LogP contribution in [0.4, 0.5) is 0 Å². The molecule has 0 saturated carbocycles. The number of hydrogen-bond acceptors (Lipinski definition) is 3. The van der Waals surface area contributed by atoms with Crippen LogP contribution in [0.5, 0.6) is 5.75 Å². The highest BCUT2D eigenvalue weighted by atomic mass is 16.5. The highest BCUT2D eigenvalue weighted by molar-refractivity contribution is 5.57. The molecule has 0 unspecified atom stereocenters. The molecule has 0 aliphatic carbocycles. The third-order valence-corrected chi connectivity index (χ3v) is 4.70. The van der Waals surface area contributed by atoms with E-state index in [-0.39, 0.29) is 0 Å². The summed E-state index contributed by atoms with van der Waals surface area (Å²) >= 11 is 0. The number of fused-ring (bicyclic) bond motifs is 1. The molecule has 23 heavy (non-hydrogen) atoms. The summed E-state index contributed by atoms with van der Waals surface area (Å²) in [6, 6.07) is 8.59. The summed E-state index contributed by atoms with van der Waals surface area (Å²) in [6.07, 6.45) is 10.7. The SMILES string of the molecule is C1=Cc2cc(OC3CCN(Cc4cc[nH]c4)CC3)ccc2CN1. The van der Waals surface area contributed by atoms with Crippen LogP contribution in [0.2, 0.25) is 0 Å². The van der Waals surface area contributed by atoms with Crippen LogP contribution in [0.3, 0.4) is 0 Å². The molecule has 0 radical (unpaired) electrons. The first-order chi connectivity index (χ1) is 11.4. The fraction of sp³-hybridized carbons (Fsp3) is 0.368. The highest BCUT2D eigenvalue weighted by Crippen LogP contribution is 2.24. The molecule has 4 rings (SSSR count). The lowest BCUT2D eigenvalue weighted by molar-refractivity contribution is 0.0968. The quantitative estimate of drug-likeness (QED) is 0.911. The minimum absolute atomic E-state index is 0.334. The zero-order valence-electron chi connectivity index (χ0n) is 13.3. The molecule has 2 aromatic rings. The Bertz CT molecular complexity index is 670. The van der Waals surface area contributed by atoms with E-state index in [1.54, 1.807) is 0 Å². The summed E-state index contributed by atoms with van der Waals surface area (Å²) in [6.45, 7) is 4.14. The van der Waals surface area contributed by atoms with Gasteiger partial charge in [0.15, 0.2) is 0 Å². The van der Waals surface area contributed by atoms with Crippen molar-refractivity contribution in [2.45, 2.75) is 32.0 Å². The van der Waals surface area contributed by atoms with E-state index in [9.17, 15) is 0 Å². The van der Waals surface area contributed by atoms with Gasteiger partial charge in [0.1, 0.15) is 11.9 Å². The second-order valence-electron chi connectivity index (χ2n) is 6.39. The maximum absolute atomic E-state index is 6.22. The molecule has 0 bridgehead atoms. The molecule has 2 N–H and O–H groups in total. The van der Waals surface area contributed by atoms with Crippen molar-refractivity contribution in [1.82, 2.24) is 15.2 Å². The Morgan fingerprint density at radius 3 is 2.91 bits per heavy atom. The topological polar surface area (TPSA) is 40.3 Å². The van der Waals surface area contributed by atoms with Crippen molar-refractivity contribution < 1.29 is 4.74 Å². The first-order valence-corrected chi connectivity index (χ1v) is 8.40. The largest absolute Gasteiger partial charge is 0.490 e. The van der Waals surface area contributed by atoms with Crippen molar-refractivity contribution in [3.63, 3.8) is 0 Å². The van der Waals surface area contributed by atoms with Gasteiger partial charge in [0, 0.05) is 38.6 Å². The summed E-state index contributed by atoms with van der Waals surface area (Å²) in [5.41, 5.74) is 3.96. The Kier molecular flexibility index (Phi) is 4.07. The van der Waals surface area contributed by atoms with Crippen LogP contribution in [0, 0.1) is 0 Å². The van der Waals surface area contributed by atoms with Gasteiger partial charge in [-0.2, -0.15) is 0 Å². The number of likely N-dealkylation sites (tertiary alicyclic amines) is 1. The van der Waals surface area contributed by atoms with Crippen molar-refractivity contribution in [1.29, 1.82) is 0 Å². The van der Waals surface area contributed by atoms with E-state index in [0.717, 1.165) is 44.8 Å². The molecule has 4 nitrogen and oxygen atoms in total. The second-order valence-corrected chi connectivity index (χ2v) is 6.39.